The van der Waals surface area contributed by atoms with Gasteiger partial charge in [0, 0.05) is 23.0 Å². The fourth-order valence-corrected chi connectivity index (χ4v) is 4.21. The van der Waals surface area contributed by atoms with Gasteiger partial charge in [0.25, 0.3) is 0 Å². The summed E-state index contributed by atoms with van der Waals surface area (Å²) >= 11 is 3.42. The standard InChI is InChI=1S/C21H20BrNO3/c22-16-9-6-15(7-10-16)8-11-19(24)23-13-3-12-21(14-23)18-5-2-1-4-17(18)20(25)26-21/h1-2,4-7,9-10H,3,8,11-14H2. The minimum absolute atomic E-state index is 0.118. The average Bonchev–Trinajstić information content (AvgIpc) is 2.93. The van der Waals surface area contributed by atoms with Gasteiger partial charge in [-0.15, -0.1) is 0 Å². The molecule has 4 nitrogen and oxygen atoms in total. The first-order valence-corrected chi connectivity index (χ1v) is 9.72. The van der Waals surface area contributed by atoms with Gasteiger partial charge in [0.15, 0.2) is 5.60 Å². The molecule has 0 aromatic heterocycles. The molecule has 1 fully saturated rings. The second-order valence-corrected chi connectivity index (χ2v) is 7.89. The molecule has 1 spiro atoms. The average molecular weight is 414 g/mol. The predicted molar refractivity (Wildman–Crippen MR) is 102 cm³/mol. The van der Waals surface area contributed by atoms with Crippen molar-refractivity contribution < 1.29 is 14.3 Å². The molecule has 0 aliphatic carbocycles. The van der Waals surface area contributed by atoms with Crippen LogP contribution in [0.25, 0.3) is 0 Å². The fourth-order valence-electron chi connectivity index (χ4n) is 3.94. The van der Waals surface area contributed by atoms with Crippen LogP contribution in [0, 0.1) is 0 Å². The zero-order chi connectivity index (χ0) is 18.1. The smallest absolute Gasteiger partial charge is 0.339 e. The van der Waals surface area contributed by atoms with Crippen LogP contribution in [0.15, 0.2) is 53.0 Å². The molecule has 2 aliphatic heterocycles. The molecule has 1 unspecified atom stereocenters. The van der Waals surface area contributed by atoms with Crippen molar-refractivity contribution in [1.29, 1.82) is 0 Å². The number of aryl methyl sites for hydroxylation is 1. The van der Waals surface area contributed by atoms with E-state index in [-0.39, 0.29) is 11.9 Å². The molecule has 26 heavy (non-hydrogen) atoms. The summed E-state index contributed by atoms with van der Waals surface area (Å²) in [5, 5.41) is 0. The number of ether oxygens (including phenoxy) is 1. The minimum Gasteiger partial charge on any atom is -0.449 e. The number of piperidine rings is 1. The highest BCUT2D eigenvalue weighted by atomic mass is 79.9. The first kappa shape index (κ1) is 17.3. The lowest BCUT2D eigenvalue weighted by molar-refractivity contribution is -0.138. The number of nitrogens with zero attached hydrogens (tertiary/aromatic N) is 1. The minimum atomic E-state index is -0.667. The van der Waals surface area contributed by atoms with Gasteiger partial charge in [0.2, 0.25) is 5.91 Å². The van der Waals surface area contributed by atoms with Gasteiger partial charge in [0.05, 0.1) is 12.1 Å². The second-order valence-electron chi connectivity index (χ2n) is 6.97. The van der Waals surface area contributed by atoms with Crippen LogP contribution < -0.4 is 0 Å². The number of fused-ring (bicyclic) bond motifs is 2. The summed E-state index contributed by atoms with van der Waals surface area (Å²) in [6, 6.07) is 15.6. The van der Waals surface area contributed by atoms with Gasteiger partial charge in [-0.05, 0) is 43.0 Å². The van der Waals surface area contributed by atoms with Gasteiger partial charge in [-0.3, -0.25) is 4.79 Å². The number of amides is 1. The molecule has 5 heteroatoms. The molecular weight excluding hydrogens is 394 g/mol. The van der Waals surface area contributed by atoms with E-state index >= 15 is 0 Å². The van der Waals surface area contributed by atoms with Crippen molar-refractivity contribution in [3.63, 3.8) is 0 Å². The monoisotopic (exact) mass is 413 g/mol. The normalized spacial score (nSPS) is 21.6. The van der Waals surface area contributed by atoms with Gasteiger partial charge >= 0.3 is 5.97 Å². The Bertz CT molecular complexity index is 849. The quantitative estimate of drug-likeness (QED) is 0.712. The third-order valence-electron chi connectivity index (χ3n) is 5.27. The van der Waals surface area contributed by atoms with E-state index in [9.17, 15) is 9.59 Å². The molecule has 4 rings (SSSR count). The maximum absolute atomic E-state index is 12.7. The summed E-state index contributed by atoms with van der Waals surface area (Å²) in [6.45, 7) is 1.18. The Hall–Kier alpha value is -2.14. The first-order valence-electron chi connectivity index (χ1n) is 8.92. The summed E-state index contributed by atoms with van der Waals surface area (Å²) in [5.41, 5.74) is 2.04. The number of halogens is 1. The lowest BCUT2D eigenvalue weighted by Crippen LogP contribution is -2.48. The van der Waals surface area contributed by atoms with Crippen molar-refractivity contribution in [3.05, 3.63) is 69.7 Å². The highest BCUT2D eigenvalue weighted by Gasteiger charge is 2.48. The van der Waals surface area contributed by atoms with Crippen molar-refractivity contribution in [2.24, 2.45) is 0 Å². The Balaban J connectivity index is 1.46. The van der Waals surface area contributed by atoms with E-state index in [1.54, 1.807) is 6.07 Å². The molecule has 2 aromatic rings. The predicted octanol–water partition coefficient (Wildman–Crippen LogP) is 4.07. The zero-order valence-corrected chi connectivity index (χ0v) is 16.0. The molecule has 1 amide bonds. The Kier molecular flexibility index (Phi) is 4.57. The Morgan fingerprint density at radius 2 is 1.92 bits per heavy atom. The van der Waals surface area contributed by atoms with E-state index in [0.29, 0.717) is 24.9 Å². The largest absolute Gasteiger partial charge is 0.449 e. The highest BCUT2D eigenvalue weighted by Crippen LogP contribution is 2.42. The third kappa shape index (κ3) is 3.16. The summed E-state index contributed by atoms with van der Waals surface area (Å²) in [7, 11) is 0. The zero-order valence-electron chi connectivity index (χ0n) is 14.4. The molecule has 0 radical (unpaired) electrons. The fraction of sp³-hybridized carbons (Fsp3) is 0.333. The number of likely N-dealkylation sites (tertiary alicyclic amines) is 1. The topological polar surface area (TPSA) is 46.6 Å². The first-order chi connectivity index (χ1) is 12.6. The lowest BCUT2D eigenvalue weighted by atomic mass is 9.85. The maximum Gasteiger partial charge on any atom is 0.339 e. The molecule has 0 N–H and O–H groups in total. The van der Waals surface area contributed by atoms with Crippen LogP contribution in [-0.4, -0.2) is 29.9 Å². The highest BCUT2D eigenvalue weighted by molar-refractivity contribution is 9.10. The van der Waals surface area contributed by atoms with E-state index in [4.69, 9.17) is 4.74 Å². The van der Waals surface area contributed by atoms with Crippen LogP contribution in [0.2, 0.25) is 0 Å². The van der Waals surface area contributed by atoms with E-state index in [2.05, 4.69) is 15.9 Å². The molecule has 134 valence electrons. The number of carbonyl (C=O) groups excluding carboxylic acids is 2. The van der Waals surface area contributed by atoms with Gasteiger partial charge in [-0.2, -0.15) is 0 Å². The molecule has 0 bridgehead atoms. The maximum atomic E-state index is 12.7. The number of rotatable bonds is 3. The molecule has 0 saturated carbocycles. The number of hydrogen-bond donors (Lipinski definition) is 0. The van der Waals surface area contributed by atoms with Crippen LogP contribution in [0.5, 0.6) is 0 Å². The molecular formula is C21H20BrNO3. The van der Waals surface area contributed by atoms with E-state index < -0.39 is 5.60 Å². The summed E-state index contributed by atoms with van der Waals surface area (Å²) in [5.74, 6) is -0.155. The lowest BCUT2D eigenvalue weighted by Gasteiger charge is -2.39. The van der Waals surface area contributed by atoms with Gasteiger partial charge in [-0.1, -0.05) is 46.3 Å². The van der Waals surface area contributed by atoms with Crippen LogP contribution in [0.4, 0.5) is 0 Å². The van der Waals surface area contributed by atoms with E-state index in [0.717, 1.165) is 35.0 Å². The molecule has 2 heterocycles. The summed E-state index contributed by atoms with van der Waals surface area (Å²) in [6.07, 6.45) is 2.79. The Labute approximate surface area is 161 Å². The number of esters is 1. The van der Waals surface area contributed by atoms with Crippen molar-refractivity contribution >= 4 is 27.8 Å². The van der Waals surface area contributed by atoms with Crippen molar-refractivity contribution in [2.75, 3.05) is 13.1 Å². The third-order valence-corrected chi connectivity index (χ3v) is 5.80. The molecule has 2 aromatic carbocycles. The number of benzene rings is 2. The number of hydrogen-bond acceptors (Lipinski definition) is 3. The van der Waals surface area contributed by atoms with Crippen LogP contribution in [-0.2, 0) is 21.6 Å². The van der Waals surface area contributed by atoms with Crippen LogP contribution >= 0.6 is 15.9 Å². The number of carbonyl (C=O) groups is 2. The molecule has 1 atom stereocenters. The van der Waals surface area contributed by atoms with E-state index in [1.807, 2.05) is 47.4 Å². The summed E-state index contributed by atoms with van der Waals surface area (Å²) < 4.78 is 6.81. The Morgan fingerprint density at radius 1 is 1.15 bits per heavy atom. The van der Waals surface area contributed by atoms with Crippen molar-refractivity contribution in [1.82, 2.24) is 4.90 Å². The van der Waals surface area contributed by atoms with Crippen LogP contribution in [0.3, 0.4) is 0 Å². The Morgan fingerprint density at radius 3 is 2.73 bits per heavy atom. The van der Waals surface area contributed by atoms with Crippen LogP contribution in [0.1, 0.15) is 40.7 Å². The van der Waals surface area contributed by atoms with Gasteiger partial charge in [-0.25, -0.2) is 4.79 Å². The van der Waals surface area contributed by atoms with Crippen molar-refractivity contribution in [3.8, 4) is 0 Å². The SMILES string of the molecule is O=C1OC2(CCCN(C(=O)CCc3ccc(Br)cc3)C2)c2ccccc21. The molecule has 2 aliphatic rings. The van der Waals surface area contributed by atoms with Gasteiger partial charge < -0.3 is 9.64 Å². The van der Waals surface area contributed by atoms with Crippen molar-refractivity contribution in [2.45, 2.75) is 31.3 Å². The summed E-state index contributed by atoms with van der Waals surface area (Å²) in [4.78, 5) is 26.8. The molecule has 1 saturated heterocycles. The van der Waals surface area contributed by atoms with Gasteiger partial charge in [0.1, 0.15) is 0 Å². The van der Waals surface area contributed by atoms with E-state index in [1.165, 1.54) is 0 Å². The second kappa shape index (κ2) is 6.88.